The number of aliphatic hydroxyl groups is 2. The highest BCUT2D eigenvalue weighted by atomic mass is 31.2. The van der Waals surface area contributed by atoms with E-state index in [1.165, 1.54) is 0 Å². The zero-order chi connectivity index (χ0) is 19.7. The lowest BCUT2D eigenvalue weighted by molar-refractivity contribution is -0.0551. The second-order valence-corrected chi connectivity index (χ2v) is 8.53. The van der Waals surface area contributed by atoms with Crippen LogP contribution >= 0.6 is 7.82 Å². The van der Waals surface area contributed by atoms with Gasteiger partial charge in [0, 0.05) is 12.3 Å². The van der Waals surface area contributed by atoms with Crippen molar-refractivity contribution in [3.05, 3.63) is 33.1 Å². The van der Waals surface area contributed by atoms with Crippen molar-refractivity contribution in [2.24, 2.45) is 5.41 Å². The van der Waals surface area contributed by atoms with Crippen molar-refractivity contribution in [1.29, 1.82) is 0 Å². The van der Waals surface area contributed by atoms with E-state index in [2.05, 4.69) is 0 Å². The van der Waals surface area contributed by atoms with Crippen molar-refractivity contribution in [2.45, 2.75) is 45.3 Å². The lowest BCUT2D eigenvalue weighted by Gasteiger charge is -2.25. The second-order valence-electron chi connectivity index (χ2n) is 7.13. The summed E-state index contributed by atoms with van der Waals surface area (Å²) in [5.74, 6) is 0. The molecule has 1 aromatic heterocycles. The molecular weight excluding hydrogens is 371 g/mol. The minimum Gasteiger partial charge on any atom is -0.394 e. The van der Waals surface area contributed by atoms with E-state index in [0.29, 0.717) is 0 Å². The average molecular weight is 394 g/mol. The number of hydrogen-bond acceptors (Lipinski definition) is 8. The molecule has 1 aromatic rings. The molecule has 0 saturated carbocycles. The predicted molar refractivity (Wildman–Crippen MR) is 88.4 cm³/mol. The molecule has 12 heteroatoms. The molecule has 0 bridgehead atoms. The molecule has 0 aliphatic carbocycles. The maximum absolute atomic E-state index is 12.1. The molecule has 0 radical (unpaired) electrons. The van der Waals surface area contributed by atoms with Crippen LogP contribution in [0, 0.1) is 5.41 Å². The van der Waals surface area contributed by atoms with E-state index in [4.69, 9.17) is 13.8 Å². The number of nitrogens with one attached hydrogen (secondary N) is 1. The van der Waals surface area contributed by atoms with Crippen LogP contribution in [0.25, 0.3) is 0 Å². The highest BCUT2D eigenvalue weighted by Crippen LogP contribution is 2.49. The van der Waals surface area contributed by atoms with Gasteiger partial charge in [-0.1, -0.05) is 20.8 Å². The Kier molecular flexibility index (Phi) is 6.24. The molecule has 2 heterocycles. The molecule has 0 spiro atoms. The summed E-state index contributed by atoms with van der Waals surface area (Å²) in [6, 6.07) is 1.04. The first-order chi connectivity index (χ1) is 11.9. The largest absolute Gasteiger partial charge is 0.472 e. The van der Waals surface area contributed by atoms with E-state index in [9.17, 15) is 29.3 Å². The monoisotopic (exact) mass is 394 g/mol. The number of hydrogen-bond donors (Lipinski definition) is 4. The van der Waals surface area contributed by atoms with Crippen LogP contribution in [0.1, 0.15) is 27.0 Å². The van der Waals surface area contributed by atoms with Crippen molar-refractivity contribution in [1.82, 2.24) is 9.55 Å². The number of phosphoric ester groups is 1. The zero-order valence-corrected chi connectivity index (χ0v) is 15.5. The molecule has 26 heavy (non-hydrogen) atoms. The number of aliphatic hydroxyl groups excluding tert-OH is 2. The molecule has 0 amide bonds. The summed E-state index contributed by atoms with van der Waals surface area (Å²) < 4.78 is 28.3. The van der Waals surface area contributed by atoms with Crippen molar-refractivity contribution < 1.29 is 33.5 Å². The molecule has 1 aliphatic heterocycles. The number of rotatable bonds is 6. The molecular formula is C14H23N2O9P. The summed E-state index contributed by atoms with van der Waals surface area (Å²) in [6.45, 7) is 4.63. The van der Waals surface area contributed by atoms with Gasteiger partial charge in [0.2, 0.25) is 0 Å². The number of H-pyrrole nitrogens is 1. The van der Waals surface area contributed by atoms with E-state index in [0.717, 1.165) is 16.8 Å². The third-order valence-electron chi connectivity index (χ3n) is 3.53. The van der Waals surface area contributed by atoms with Gasteiger partial charge in [-0.15, -0.1) is 0 Å². The second kappa shape index (κ2) is 7.73. The lowest BCUT2D eigenvalue weighted by Crippen LogP contribution is -2.38. The highest BCUT2D eigenvalue weighted by molar-refractivity contribution is 7.47. The number of ether oxygens (including phenoxy) is 1. The maximum atomic E-state index is 12.1. The Hall–Kier alpha value is -1.33. The number of phosphoric acid groups is 1. The third kappa shape index (κ3) is 5.10. The molecule has 0 aromatic carbocycles. The van der Waals surface area contributed by atoms with Crippen molar-refractivity contribution in [3.63, 3.8) is 0 Å². The van der Waals surface area contributed by atoms with Crippen LogP contribution in [0.2, 0.25) is 0 Å². The molecule has 11 nitrogen and oxygen atoms in total. The average Bonchev–Trinajstić information content (AvgIpc) is 2.81. The molecule has 4 N–H and O–H groups in total. The minimum absolute atomic E-state index is 0.0863. The Morgan fingerprint density at radius 3 is 2.58 bits per heavy atom. The minimum atomic E-state index is -4.56. The van der Waals surface area contributed by atoms with Gasteiger partial charge < -0.3 is 19.8 Å². The van der Waals surface area contributed by atoms with Crippen LogP contribution in [0.5, 0.6) is 0 Å². The Balaban J connectivity index is 2.19. The summed E-state index contributed by atoms with van der Waals surface area (Å²) in [7, 11) is -4.56. The van der Waals surface area contributed by atoms with Gasteiger partial charge in [0.1, 0.15) is 18.3 Å². The molecule has 1 unspecified atom stereocenters. The van der Waals surface area contributed by atoms with Crippen LogP contribution in [-0.4, -0.2) is 56.2 Å². The van der Waals surface area contributed by atoms with Crippen LogP contribution in [0.4, 0.5) is 0 Å². The number of nitrogens with zero attached hydrogens (tertiary/aromatic N) is 1. The lowest BCUT2D eigenvalue weighted by atomic mass is 9.99. The van der Waals surface area contributed by atoms with Crippen LogP contribution in [-0.2, 0) is 18.3 Å². The predicted octanol–water partition coefficient (Wildman–Crippen LogP) is -0.664. The van der Waals surface area contributed by atoms with Crippen molar-refractivity contribution in [2.75, 3.05) is 13.2 Å². The maximum Gasteiger partial charge on any atom is 0.472 e. The smallest absolute Gasteiger partial charge is 0.394 e. The summed E-state index contributed by atoms with van der Waals surface area (Å²) in [5.41, 5.74) is -1.90. The first kappa shape index (κ1) is 21.0. The van der Waals surface area contributed by atoms with Gasteiger partial charge in [-0.3, -0.25) is 23.4 Å². The van der Waals surface area contributed by atoms with Crippen molar-refractivity contribution >= 4 is 7.82 Å². The quantitative estimate of drug-likeness (QED) is 0.459. The molecule has 1 saturated heterocycles. The zero-order valence-electron chi connectivity index (χ0n) is 14.6. The van der Waals surface area contributed by atoms with Gasteiger partial charge in [0.25, 0.3) is 5.56 Å². The van der Waals surface area contributed by atoms with Crippen LogP contribution in [0.15, 0.2) is 21.9 Å². The van der Waals surface area contributed by atoms with Crippen LogP contribution < -0.4 is 11.2 Å². The fourth-order valence-corrected chi connectivity index (χ4v) is 3.49. The molecule has 5 atom stereocenters. The van der Waals surface area contributed by atoms with Crippen LogP contribution in [0.3, 0.4) is 0 Å². The Labute approximate surface area is 148 Å². The third-order valence-corrected chi connectivity index (χ3v) is 4.50. The van der Waals surface area contributed by atoms with E-state index >= 15 is 0 Å². The van der Waals surface area contributed by atoms with Gasteiger partial charge in [-0.05, 0) is 5.41 Å². The fraction of sp³-hybridized carbons (Fsp3) is 0.714. The summed E-state index contributed by atoms with van der Waals surface area (Å²) in [5, 5.41) is 19.8. The number of aromatic amines is 1. The standard InChI is InChI=1S/C14H23N2O9P/c1-14(2,3)7-23-26(21,22)25-11-8(6-17)24-12(10(11)19)16-5-4-9(18)15-13(16)20/h4-5,8,10-12,17,19H,6-7H2,1-3H3,(H,21,22)(H,15,18,20)/t8-,10-,11-,12-/m1/s1. The Bertz CT molecular complexity index is 784. The molecule has 148 valence electrons. The Morgan fingerprint density at radius 2 is 2.04 bits per heavy atom. The molecule has 1 aliphatic rings. The van der Waals surface area contributed by atoms with Gasteiger partial charge >= 0.3 is 13.5 Å². The summed E-state index contributed by atoms with van der Waals surface area (Å²) >= 11 is 0. The molecule has 2 rings (SSSR count). The first-order valence-corrected chi connectivity index (χ1v) is 9.35. The van der Waals surface area contributed by atoms with Crippen molar-refractivity contribution in [3.8, 4) is 0 Å². The Morgan fingerprint density at radius 1 is 1.38 bits per heavy atom. The number of aromatic nitrogens is 2. The topological polar surface area (TPSA) is 160 Å². The van der Waals surface area contributed by atoms with Gasteiger partial charge in [0.15, 0.2) is 6.23 Å². The van der Waals surface area contributed by atoms with E-state index < -0.39 is 55.6 Å². The normalized spacial score (nSPS) is 28.8. The van der Waals surface area contributed by atoms with Gasteiger partial charge in [-0.2, -0.15) is 0 Å². The van der Waals surface area contributed by atoms with Gasteiger partial charge in [0.05, 0.1) is 13.2 Å². The summed E-state index contributed by atoms with van der Waals surface area (Å²) in [6.07, 6.45) is -4.42. The van der Waals surface area contributed by atoms with E-state index in [1.807, 2.05) is 4.98 Å². The fourth-order valence-electron chi connectivity index (χ4n) is 2.31. The SMILES string of the molecule is CC(C)(C)COP(=O)(O)O[C@H]1[C@@H](O)[C@H](n2ccc(=O)[nH]c2=O)O[C@@H]1CO. The van der Waals surface area contributed by atoms with E-state index in [1.54, 1.807) is 20.8 Å². The first-order valence-electron chi connectivity index (χ1n) is 7.85. The summed E-state index contributed by atoms with van der Waals surface area (Å²) in [4.78, 5) is 34.9. The van der Waals surface area contributed by atoms with Gasteiger partial charge in [-0.25, -0.2) is 9.36 Å². The highest BCUT2D eigenvalue weighted by Gasteiger charge is 2.49. The van der Waals surface area contributed by atoms with E-state index in [-0.39, 0.29) is 6.61 Å². The molecule has 1 fully saturated rings.